The Morgan fingerprint density at radius 3 is 1.15 bits per heavy atom. The van der Waals surface area contributed by atoms with Crippen molar-refractivity contribution in [2.75, 3.05) is 0 Å². The summed E-state index contributed by atoms with van der Waals surface area (Å²) in [7, 11) is 0. The van der Waals surface area contributed by atoms with E-state index in [2.05, 4.69) is 0 Å². The zero-order valence-corrected chi connectivity index (χ0v) is 22.7. The standard InChI is InChI=1S/C20H24O4.2K/c1-15(11-7-13-17(3)19(21)22)9-5-6-10-16(2)12-8-14-18(4)20(23)24;;/h5-14H,1-4H3,(H,21,22)(H,23,24);;/q;2*+1/p-2/b6-5+,11-7+,12-8+,15-9+,16-10+,17-13+,18-14+;;. The van der Waals surface area contributed by atoms with Crippen molar-refractivity contribution in [3.63, 3.8) is 0 Å². The van der Waals surface area contributed by atoms with Gasteiger partial charge in [-0.1, -0.05) is 71.9 Å². The van der Waals surface area contributed by atoms with Crippen molar-refractivity contribution in [2.24, 2.45) is 0 Å². The number of carboxylic acids is 2. The SMILES string of the molecule is CC(/C=C/C=C(\C)C(=O)[O-])=C\C=C\C=C(C)\C=C\C=C(/C)C(=O)[O-].[K+].[K+]. The Bertz CT molecular complexity index is 618. The van der Waals surface area contributed by atoms with Crippen LogP contribution in [-0.4, -0.2) is 11.9 Å². The van der Waals surface area contributed by atoms with Crippen molar-refractivity contribution in [1.82, 2.24) is 0 Å². The smallest absolute Gasteiger partial charge is 0.545 e. The van der Waals surface area contributed by atoms with Gasteiger partial charge in [-0.05, 0) is 38.8 Å². The molecule has 0 aliphatic carbocycles. The minimum absolute atomic E-state index is 0. The van der Waals surface area contributed by atoms with E-state index in [9.17, 15) is 19.8 Å². The first-order chi connectivity index (χ1) is 11.2. The summed E-state index contributed by atoms with van der Waals surface area (Å²) < 4.78 is 0. The van der Waals surface area contributed by atoms with Gasteiger partial charge in [0.2, 0.25) is 0 Å². The first-order valence-electron chi connectivity index (χ1n) is 7.38. The van der Waals surface area contributed by atoms with Gasteiger partial charge in [0.1, 0.15) is 0 Å². The molecule has 6 heteroatoms. The van der Waals surface area contributed by atoms with Crippen molar-refractivity contribution in [1.29, 1.82) is 0 Å². The topological polar surface area (TPSA) is 80.3 Å². The summed E-state index contributed by atoms with van der Waals surface area (Å²) in [5.41, 5.74) is 2.26. The molecule has 0 fully saturated rings. The maximum absolute atomic E-state index is 10.5. The molecule has 0 aromatic carbocycles. The van der Waals surface area contributed by atoms with Gasteiger partial charge >= 0.3 is 103 Å². The summed E-state index contributed by atoms with van der Waals surface area (Å²) in [6.45, 7) is 6.74. The van der Waals surface area contributed by atoms with Crippen LogP contribution in [0.3, 0.4) is 0 Å². The zero-order valence-electron chi connectivity index (χ0n) is 16.4. The van der Waals surface area contributed by atoms with E-state index < -0.39 is 11.9 Å². The van der Waals surface area contributed by atoms with Crippen LogP contribution in [-0.2, 0) is 9.59 Å². The summed E-state index contributed by atoms with van der Waals surface area (Å²) in [4.78, 5) is 21.0. The van der Waals surface area contributed by atoms with Gasteiger partial charge < -0.3 is 19.8 Å². The molecule has 4 nitrogen and oxygen atoms in total. The molecular weight excluding hydrogens is 382 g/mol. The predicted octanol–water partition coefficient (Wildman–Crippen LogP) is -4.05. The van der Waals surface area contributed by atoms with Crippen LogP contribution in [0.15, 0.2) is 83.1 Å². The number of hydrogen-bond donors (Lipinski definition) is 0. The Balaban J connectivity index is -0.00000264. The fraction of sp³-hybridized carbons (Fsp3) is 0.200. The van der Waals surface area contributed by atoms with E-state index in [0.717, 1.165) is 11.1 Å². The minimum Gasteiger partial charge on any atom is -0.545 e. The molecule has 0 rings (SSSR count). The van der Waals surface area contributed by atoms with Gasteiger partial charge in [0.25, 0.3) is 0 Å². The van der Waals surface area contributed by atoms with E-state index in [1.165, 1.54) is 26.0 Å². The minimum atomic E-state index is -1.18. The molecule has 0 saturated heterocycles. The molecule has 0 radical (unpaired) electrons. The summed E-state index contributed by atoms with van der Waals surface area (Å²) in [6.07, 6.45) is 17.3. The number of aliphatic carboxylic acids is 2. The average Bonchev–Trinajstić information content (AvgIpc) is 2.51. The van der Waals surface area contributed by atoms with Crippen LogP contribution in [0.25, 0.3) is 0 Å². The van der Waals surface area contributed by atoms with Gasteiger partial charge in [0.15, 0.2) is 0 Å². The van der Waals surface area contributed by atoms with Crippen molar-refractivity contribution in [3.8, 4) is 0 Å². The molecule has 0 bridgehead atoms. The van der Waals surface area contributed by atoms with Crippen LogP contribution >= 0.6 is 0 Å². The molecule has 0 saturated carbocycles. The van der Waals surface area contributed by atoms with E-state index in [-0.39, 0.29) is 114 Å². The molecule has 0 aromatic rings. The second-order valence-corrected chi connectivity index (χ2v) is 5.20. The van der Waals surface area contributed by atoms with Gasteiger partial charge in [0.05, 0.1) is 11.9 Å². The van der Waals surface area contributed by atoms with Crippen molar-refractivity contribution in [2.45, 2.75) is 27.7 Å². The molecule has 0 spiro atoms. The summed E-state index contributed by atoms with van der Waals surface area (Å²) in [6, 6.07) is 0. The molecule has 26 heavy (non-hydrogen) atoms. The van der Waals surface area contributed by atoms with Crippen LogP contribution in [0.4, 0.5) is 0 Å². The first-order valence-corrected chi connectivity index (χ1v) is 7.38. The third kappa shape index (κ3) is 17.8. The Kier molecular flexibility index (Phi) is 22.4. The number of carbonyl (C=O) groups is 2. The Morgan fingerprint density at radius 1 is 0.577 bits per heavy atom. The first kappa shape index (κ1) is 31.1. The van der Waals surface area contributed by atoms with Crippen molar-refractivity contribution >= 4 is 11.9 Å². The van der Waals surface area contributed by atoms with Crippen molar-refractivity contribution < 1.29 is 123 Å². The maximum Gasteiger partial charge on any atom is 1.00 e. The van der Waals surface area contributed by atoms with E-state index in [4.69, 9.17) is 0 Å². The number of rotatable bonds is 8. The quantitative estimate of drug-likeness (QED) is 0.234. The van der Waals surface area contributed by atoms with Gasteiger partial charge in [0, 0.05) is 0 Å². The van der Waals surface area contributed by atoms with Gasteiger partial charge in [-0.2, -0.15) is 0 Å². The second kappa shape index (κ2) is 18.7. The fourth-order valence-electron chi connectivity index (χ4n) is 1.35. The van der Waals surface area contributed by atoms with Gasteiger partial charge in [-0.25, -0.2) is 0 Å². The molecule has 0 N–H and O–H groups in total. The van der Waals surface area contributed by atoms with E-state index in [1.54, 1.807) is 24.3 Å². The molecule has 0 aliphatic rings. The number of allylic oxidation sites excluding steroid dienone is 12. The van der Waals surface area contributed by atoms with E-state index >= 15 is 0 Å². The summed E-state index contributed by atoms with van der Waals surface area (Å²) >= 11 is 0. The predicted molar refractivity (Wildman–Crippen MR) is 92.5 cm³/mol. The van der Waals surface area contributed by atoms with Crippen molar-refractivity contribution in [3.05, 3.63) is 83.1 Å². The van der Waals surface area contributed by atoms with E-state index in [0.29, 0.717) is 0 Å². The van der Waals surface area contributed by atoms with E-state index in [1.807, 2.05) is 38.2 Å². The third-order valence-electron chi connectivity index (χ3n) is 2.88. The van der Waals surface area contributed by atoms with Crippen LogP contribution < -0.4 is 113 Å². The molecule has 0 atom stereocenters. The molecule has 0 unspecified atom stereocenters. The Hall–Kier alpha value is 0.393. The number of carbonyl (C=O) groups excluding carboxylic acids is 2. The average molecular weight is 405 g/mol. The summed E-state index contributed by atoms with van der Waals surface area (Å²) in [5, 5.41) is 21.0. The maximum atomic E-state index is 10.5. The summed E-state index contributed by atoms with van der Waals surface area (Å²) in [5.74, 6) is -2.36. The van der Waals surface area contributed by atoms with Gasteiger partial charge in [-0.3, -0.25) is 0 Å². The number of hydrogen-bond acceptors (Lipinski definition) is 4. The van der Waals surface area contributed by atoms with Crippen LogP contribution in [0.1, 0.15) is 27.7 Å². The molecule has 128 valence electrons. The third-order valence-corrected chi connectivity index (χ3v) is 2.88. The van der Waals surface area contributed by atoms with Crippen LogP contribution in [0, 0.1) is 0 Å². The Morgan fingerprint density at radius 2 is 0.885 bits per heavy atom. The number of carboxylic acid groups (broad SMARTS) is 2. The normalized spacial score (nSPS) is 13.8. The zero-order chi connectivity index (χ0) is 18.5. The van der Waals surface area contributed by atoms with Crippen LogP contribution in [0.5, 0.6) is 0 Å². The molecular formula is C20H22K2O4. The van der Waals surface area contributed by atoms with Gasteiger partial charge in [-0.15, -0.1) is 0 Å². The molecule has 0 aliphatic heterocycles. The molecule has 0 amide bonds. The largest absolute Gasteiger partial charge is 1.00 e. The fourth-order valence-corrected chi connectivity index (χ4v) is 1.35. The molecule has 0 aromatic heterocycles. The monoisotopic (exact) mass is 404 g/mol. The Labute approximate surface area is 241 Å². The molecule has 0 heterocycles. The second-order valence-electron chi connectivity index (χ2n) is 5.20. The van der Waals surface area contributed by atoms with Crippen LogP contribution in [0.2, 0.25) is 0 Å².